The molecule has 0 amide bonds. The fourth-order valence-corrected chi connectivity index (χ4v) is 4.78. The Morgan fingerprint density at radius 2 is 1.90 bits per heavy atom. The lowest BCUT2D eigenvalue weighted by molar-refractivity contribution is 0.622. The first kappa shape index (κ1) is 13.4. The molecule has 5 heteroatoms. The Bertz CT molecular complexity index is 701. The summed E-state index contributed by atoms with van der Waals surface area (Å²) >= 11 is 6.20. The summed E-state index contributed by atoms with van der Waals surface area (Å²) in [6, 6.07) is 0. The highest BCUT2D eigenvalue weighted by atomic mass is 127. The van der Waals surface area contributed by atoms with Crippen LogP contribution < -0.4 is 4.90 Å². The second-order valence-electron chi connectivity index (χ2n) is 5.79. The van der Waals surface area contributed by atoms with E-state index in [-0.39, 0.29) is 0 Å². The number of halogens is 2. The van der Waals surface area contributed by atoms with Crippen molar-refractivity contribution in [2.24, 2.45) is 0 Å². The van der Waals surface area contributed by atoms with Gasteiger partial charge in [-0.15, -0.1) is 0 Å². The molecule has 2 aliphatic rings. The standard InChI is InChI=1S/C15H17BrIN3/c1-9-10-5-4-8-20-14(10)13(12(17)11(9)16)18-15(20)19-6-2-3-7-19/h2-8H2,1H3. The fraction of sp³-hybridized carbons (Fsp3) is 0.533. The van der Waals surface area contributed by atoms with Crippen LogP contribution in [0.2, 0.25) is 0 Å². The Kier molecular flexibility index (Phi) is 3.25. The molecule has 0 spiro atoms. The van der Waals surface area contributed by atoms with Gasteiger partial charge in [-0.05, 0) is 82.3 Å². The lowest BCUT2D eigenvalue weighted by Gasteiger charge is -2.23. The summed E-state index contributed by atoms with van der Waals surface area (Å²) < 4.78 is 4.97. The van der Waals surface area contributed by atoms with Crippen LogP contribution >= 0.6 is 38.5 Å². The Morgan fingerprint density at radius 1 is 1.15 bits per heavy atom. The van der Waals surface area contributed by atoms with Gasteiger partial charge < -0.3 is 9.47 Å². The second kappa shape index (κ2) is 4.87. The van der Waals surface area contributed by atoms with Crippen molar-refractivity contribution in [3.05, 3.63) is 19.2 Å². The van der Waals surface area contributed by atoms with Crippen LogP contribution in [0.4, 0.5) is 5.95 Å². The summed E-state index contributed by atoms with van der Waals surface area (Å²) in [4.78, 5) is 7.49. The first-order valence-corrected chi connectivity index (χ1v) is 9.17. The summed E-state index contributed by atoms with van der Waals surface area (Å²) in [6.45, 7) is 5.68. The van der Waals surface area contributed by atoms with Gasteiger partial charge in [0.1, 0.15) is 5.52 Å². The number of rotatable bonds is 1. The summed E-state index contributed by atoms with van der Waals surface area (Å²) in [5.41, 5.74) is 5.48. The van der Waals surface area contributed by atoms with Crippen molar-refractivity contribution in [3.63, 3.8) is 0 Å². The number of hydrogen-bond acceptors (Lipinski definition) is 2. The van der Waals surface area contributed by atoms with Gasteiger partial charge >= 0.3 is 0 Å². The number of hydrogen-bond donors (Lipinski definition) is 0. The zero-order valence-corrected chi connectivity index (χ0v) is 15.3. The molecule has 4 rings (SSSR count). The molecule has 20 heavy (non-hydrogen) atoms. The molecule has 0 aliphatic carbocycles. The van der Waals surface area contributed by atoms with Crippen molar-refractivity contribution in [2.45, 2.75) is 39.2 Å². The molecule has 1 fully saturated rings. The molecule has 0 radical (unpaired) electrons. The monoisotopic (exact) mass is 445 g/mol. The first-order valence-electron chi connectivity index (χ1n) is 7.30. The highest BCUT2D eigenvalue weighted by molar-refractivity contribution is 14.1. The average Bonchev–Trinajstić information content (AvgIpc) is 3.10. The minimum absolute atomic E-state index is 1.12. The predicted molar refractivity (Wildman–Crippen MR) is 94.7 cm³/mol. The van der Waals surface area contributed by atoms with Crippen molar-refractivity contribution in [2.75, 3.05) is 18.0 Å². The lowest BCUT2D eigenvalue weighted by Crippen LogP contribution is -2.23. The van der Waals surface area contributed by atoms with Crippen molar-refractivity contribution >= 4 is 55.5 Å². The lowest BCUT2D eigenvalue weighted by atomic mass is 9.99. The number of imidazole rings is 1. The molecule has 0 unspecified atom stereocenters. The number of aryl methyl sites for hydroxylation is 2. The van der Waals surface area contributed by atoms with Crippen molar-refractivity contribution in [3.8, 4) is 0 Å². The maximum Gasteiger partial charge on any atom is 0.206 e. The van der Waals surface area contributed by atoms with Gasteiger partial charge in [-0.1, -0.05) is 0 Å². The molecule has 3 nitrogen and oxygen atoms in total. The molecule has 3 heterocycles. The largest absolute Gasteiger partial charge is 0.342 e. The van der Waals surface area contributed by atoms with E-state index in [4.69, 9.17) is 4.98 Å². The van der Waals surface area contributed by atoms with Crippen LogP contribution in [0.25, 0.3) is 11.0 Å². The van der Waals surface area contributed by atoms with E-state index in [9.17, 15) is 0 Å². The number of nitrogens with zero attached hydrogens (tertiary/aromatic N) is 3. The topological polar surface area (TPSA) is 21.1 Å². The van der Waals surface area contributed by atoms with E-state index in [0.717, 1.165) is 19.6 Å². The van der Waals surface area contributed by atoms with E-state index in [1.165, 1.54) is 61.8 Å². The van der Waals surface area contributed by atoms with Gasteiger partial charge in [0.25, 0.3) is 0 Å². The zero-order chi connectivity index (χ0) is 13.9. The Morgan fingerprint density at radius 3 is 2.65 bits per heavy atom. The minimum Gasteiger partial charge on any atom is -0.342 e. The third kappa shape index (κ3) is 1.78. The summed E-state index contributed by atoms with van der Waals surface area (Å²) in [5, 5.41) is 0. The molecule has 106 valence electrons. The van der Waals surface area contributed by atoms with Crippen molar-refractivity contribution in [1.82, 2.24) is 9.55 Å². The SMILES string of the molecule is Cc1c(Br)c(I)c2nc(N3CCCC3)n3c2c1CCC3. The van der Waals surface area contributed by atoms with Crippen LogP contribution in [-0.2, 0) is 13.0 Å². The van der Waals surface area contributed by atoms with Gasteiger partial charge in [0.2, 0.25) is 5.95 Å². The van der Waals surface area contributed by atoms with Crippen molar-refractivity contribution in [1.29, 1.82) is 0 Å². The maximum atomic E-state index is 5.02. The molecule has 2 aromatic rings. The zero-order valence-electron chi connectivity index (χ0n) is 11.5. The summed E-state index contributed by atoms with van der Waals surface area (Å²) in [5.74, 6) is 1.20. The van der Waals surface area contributed by atoms with Gasteiger partial charge in [-0.2, -0.15) is 0 Å². The molecule has 0 saturated carbocycles. The Labute approximate surface area is 141 Å². The van der Waals surface area contributed by atoms with Gasteiger partial charge in [0.05, 0.1) is 9.09 Å². The molecule has 2 aliphatic heterocycles. The molecule has 0 N–H and O–H groups in total. The fourth-order valence-electron chi connectivity index (χ4n) is 3.57. The summed E-state index contributed by atoms with van der Waals surface area (Å²) in [7, 11) is 0. The van der Waals surface area contributed by atoms with Crippen molar-refractivity contribution < 1.29 is 0 Å². The van der Waals surface area contributed by atoms with Crippen LogP contribution in [0.15, 0.2) is 4.47 Å². The van der Waals surface area contributed by atoms with E-state index in [1.54, 1.807) is 0 Å². The van der Waals surface area contributed by atoms with Crippen LogP contribution in [0.1, 0.15) is 30.4 Å². The predicted octanol–water partition coefficient (Wildman–Crippen LogP) is 4.26. The third-order valence-electron chi connectivity index (χ3n) is 4.61. The van der Waals surface area contributed by atoms with E-state index in [2.05, 4.69) is 54.9 Å². The van der Waals surface area contributed by atoms with Gasteiger partial charge in [-0.3, -0.25) is 0 Å². The highest BCUT2D eigenvalue weighted by Gasteiger charge is 2.27. The third-order valence-corrected chi connectivity index (χ3v) is 7.40. The minimum atomic E-state index is 1.12. The van der Waals surface area contributed by atoms with E-state index >= 15 is 0 Å². The second-order valence-corrected chi connectivity index (χ2v) is 7.66. The van der Waals surface area contributed by atoms with E-state index in [0.29, 0.717) is 0 Å². The number of benzene rings is 1. The smallest absolute Gasteiger partial charge is 0.206 e. The Balaban J connectivity index is 2.05. The first-order chi connectivity index (χ1) is 9.68. The average molecular weight is 446 g/mol. The molecular weight excluding hydrogens is 429 g/mol. The van der Waals surface area contributed by atoms with Crippen LogP contribution in [0.3, 0.4) is 0 Å². The highest BCUT2D eigenvalue weighted by Crippen LogP contribution is 2.39. The molecule has 0 bridgehead atoms. The van der Waals surface area contributed by atoms with Gasteiger partial charge in [0, 0.05) is 24.1 Å². The molecule has 1 aromatic heterocycles. The molecule has 1 saturated heterocycles. The number of aromatic nitrogens is 2. The van der Waals surface area contributed by atoms with Crippen LogP contribution in [-0.4, -0.2) is 22.6 Å². The van der Waals surface area contributed by atoms with E-state index < -0.39 is 0 Å². The van der Waals surface area contributed by atoms with Gasteiger partial charge in [-0.25, -0.2) is 4.98 Å². The maximum absolute atomic E-state index is 5.02. The van der Waals surface area contributed by atoms with Crippen LogP contribution in [0.5, 0.6) is 0 Å². The Hall–Kier alpha value is -0.300. The quantitative estimate of drug-likeness (QED) is 0.611. The van der Waals surface area contributed by atoms with Gasteiger partial charge in [0.15, 0.2) is 0 Å². The van der Waals surface area contributed by atoms with Crippen LogP contribution in [0, 0.1) is 10.5 Å². The molecular formula is C15H17BrIN3. The normalized spacial score (nSPS) is 18.2. The summed E-state index contributed by atoms with van der Waals surface area (Å²) in [6.07, 6.45) is 5.02. The molecule has 0 atom stereocenters. The molecule has 1 aromatic carbocycles. The van der Waals surface area contributed by atoms with E-state index in [1.807, 2.05) is 0 Å². The number of anilines is 1.